The van der Waals surface area contributed by atoms with Crippen molar-refractivity contribution >= 4 is 23.2 Å². The summed E-state index contributed by atoms with van der Waals surface area (Å²) >= 11 is 1.75. The fraction of sp³-hybridized carbons (Fsp3) is 0.400. The quantitative estimate of drug-likeness (QED) is 0.393. The SMILES string of the molecule is CCC(C(=O)N(CC(=O)N1CCc2sccc2C1c1ccc(OC)cc1)C(C)(C)C)c1ccccc1. The van der Waals surface area contributed by atoms with Crippen LogP contribution in [0.1, 0.15) is 67.6 Å². The summed E-state index contributed by atoms with van der Waals surface area (Å²) in [5.41, 5.74) is 2.72. The number of hydrogen-bond acceptors (Lipinski definition) is 4. The van der Waals surface area contributed by atoms with E-state index in [9.17, 15) is 9.59 Å². The molecule has 190 valence electrons. The van der Waals surface area contributed by atoms with Gasteiger partial charge in [-0.2, -0.15) is 0 Å². The number of fused-ring (bicyclic) bond motifs is 1. The second kappa shape index (κ2) is 10.9. The Kier molecular flexibility index (Phi) is 7.84. The highest BCUT2D eigenvalue weighted by atomic mass is 32.1. The van der Waals surface area contributed by atoms with Crippen molar-refractivity contribution in [3.63, 3.8) is 0 Å². The molecule has 2 unspecified atom stereocenters. The average molecular weight is 505 g/mol. The van der Waals surface area contributed by atoms with E-state index in [1.165, 1.54) is 10.4 Å². The number of nitrogens with zero attached hydrogens (tertiary/aromatic N) is 2. The molecule has 0 bridgehead atoms. The van der Waals surface area contributed by atoms with Crippen LogP contribution in [0.15, 0.2) is 66.0 Å². The Morgan fingerprint density at radius 1 is 1.08 bits per heavy atom. The van der Waals surface area contributed by atoms with Crippen LogP contribution in [0.3, 0.4) is 0 Å². The number of ether oxygens (including phenoxy) is 1. The number of methoxy groups -OCH3 is 1. The average Bonchev–Trinajstić information content (AvgIpc) is 3.36. The van der Waals surface area contributed by atoms with Gasteiger partial charge in [0.1, 0.15) is 12.3 Å². The van der Waals surface area contributed by atoms with Crippen LogP contribution in [0.2, 0.25) is 0 Å². The van der Waals surface area contributed by atoms with E-state index in [1.54, 1.807) is 23.3 Å². The number of rotatable bonds is 7. The van der Waals surface area contributed by atoms with Gasteiger partial charge in [0.05, 0.1) is 19.1 Å². The van der Waals surface area contributed by atoms with Gasteiger partial charge >= 0.3 is 0 Å². The highest BCUT2D eigenvalue weighted by Gasteiger charge is 2.38. The first-order valence-electron chi connectivity index (χ1n) is 12.6. The Balaban J connectivity index is 1.64. The topological polar surface area (TPSA) is 49.9 Å². The molecule has 2 heterocycles. The van der Waals surface area contributed by atoms with Gasteiger partial charge in [-0.05, 0) is 73.9 Å². The van der Waals surface area contributed by atoms with Crippen LogP contribution in [0.5, 0.6) is 5.75 Å². The molecule has 0 aliphatic carbocycles. The highest BCUT2D eigenvalue weighted by Crippen LogP contribution is 2.38. The summed E-state index contributed by atoms with van der Waals surface area (Å²) in [6.07, 6.45) is 1.51. The lowest BCUT2D eigenvalue weighted by atomic mass is 9.91. The van der Waals surface area contributed by atoms with Crippen LogP contribution in [0.4, 0.5) is 0 Å². The van der Waals surface area contributed by atoms with E-state index in [1.807, 2.05) is 87.2 Å². The van der Waals surface area contributed by atoms with Crippen molar-refractivity contribution in [3.8, 4) is 5.75 Å². The van der Waals surface area contributed by atoms with Crippen LogP contribution in [-0.4, -0.2) is 47.4 Å². The van der Waals surface area contributed by atoms with E-state index in [-0.39, 0.29) is 30.3 Å². The van der Waals surface area contributed by atoms with Crippen LogP contribution in [0.25, 0.3) is 0 Å². The molecular formula is C30H36N2O3S. The van der Waals surface area contributed by atoms with Crippen molar-refractivity contribution in [2.24, 2.45) is 0 Å². The summed E-state index contributed by atoms with van der Waals surface area (Å²) in [6.45, 7) is 8.72. The summed E-state index contributed by atoms with van der Waals surface area (Å²) in [5, 5.41) is 2.10. The molecule has 0 N–H and O–H groups in total. The summed E-state index contributed by atoms with van der Waals surface area (Å²) < 4.78 is 5.35. The number of carbonyl (C=O) groups is 2. The number of carbonyl (C=O) groups excluding carboxylic acids is 2. The first-order valence-corrected chi connectivity index (χ1v) is 13.5. The molecule has 2 aromatic carbocycles. The largest absolute Gasteiger partial charge is 0.497 e. The lowest BCUT2D eigenvalue weighted by molar-refractivity contribution is -0.146. The third kappa shape index (κ3) is 5.34. The lowest BCUT2D eigenvalue weighted by Crippen LogP contribution is -2.53. The summed E-state index contributed by atoms with van der Waals surface area (Å²) in [4.78, 5) is 32.9. The zero-order chi connectivity index (χ0) is 25.9. The fourth-order valence-electron chi connectivity index (χ4n) is 5.03. The molecule has 0 saturated carbocycles. The van der Waals surface area contributed by atoms with Gasteiger partial charge in [0.2, 0.25) is 11.8 Å². The predicted molar refractivity (Wildman–Crippen MR) is 146 cm³/mol. The van der Waals surface area contributed by atoms with Crippen molar-refractivity contribution in [1.82, 2.24) is 9.80 Å². The molecule has 2 atom stereocenters. The summed E-state index contributed by atoms with van der Waals surface area (Å²) in [7, 11) is 1.65. The smallest absolute Gasteiger partial charge is 0.243 e. The normalized spacial score (nSPS) is 16.2. The Labute approximate surface area is 218 Å². The van der Waals surface area contributed by atoms with Crippen molar-refractivity contribution in [3.05, 3.63) is 87.6 Å². The Morgan fingerprint density at radius 2 is 1.78 bits per heavy atom. The van der Waals surface area contributed by atoms with Gasteiger partial charge in [-0.15, -0.1) is 11.3 Å². The predicted octanol–water partition coefficient (Wildman–Crippen LogP) is 6.05. The second-order valence-electron chi connectivity index (χ2n) is 10.3. The highest BCUT2D eigenvalue weighted by molar-refractivity contribution is 7.10. The molecule has 5 nitrogen and oxygen atoms in total. The first-order chi connectivity index (χ1) is 17.2. The molecule has 3 aromatic rings. The maximum Gasteiger partial charge on any atom is 0.243 e. The summed E-state index contributed by atoms with van der Waals surface area (Å²) in [5.74, 6) is 0.479. The molecule has 0 fully saturated rings. The molecule has 4 rings (SSSR count). The molecule has 1 aromatic heterocycles. The number of amides is 2. The van der Waals surface area contributed by atoms with Gasteiger partial charge in [0.15, 0.2) is 0 Å². The molecule has 6 heteroatoms. The number of thiophene rings is 1. The minimum atomic E-state index is -0.492. The third-order valence-corrected chi connectivity index (χ3v) is 7.99. The zero-order valence-electron chi connectivity index (χ0n) is 21.9. The van der Waals surface area contributed by atoms with Crippen molar-refractivity contribution in [2.75, 3.05) is 20.2 Å². The van der Waals surface area contributed by atoms with Crippen LogP contribution in [0, 0.1) is 0 Å². The van der Waals surface area contributed by atoms with Crippen LogP contribution < -0.4 is 4.74 Å². The maximum absolute atomic E-state index is 14.0. The fourth-order valence-corrected chi connectivity index (χ4v) is 5.93. The van der Waals surface area contributed by atoms with Crippen molar-refractivity contribution in [1.29, 1.82) is 0 Å². The maximum atomic E-state index is 14.0. The Hall–Kier alpha value is -3.12. The molecular weight excluding hydrogens is 468 g/mol. The van der Waals surface area contributed by atoms with E-state index < -0.39 is 5.54 Å². The van der Waals surface area contributed by atoms with E-state index in [0.717, 1.165) is 23.3 Å². The number of benzene rings is 2. The zero-order valence-corrected chi connectivity index (χ0v) is 22.7. The molecule has 2 amide bonds. The minimum Gasteiger partial charge on any atom is -0.497 e. The van der Waals surface area contributed by atoms with E-state index in [2.05, 4.69) is 11.4 Å². The third-order valence-electron chi connectivity index (χ3n) is 7.00. The first kappa shape index (κ1) is 26.0. The van der Waals surface area contributed by atoms with Gasteiger partial charge in [-0.25, -0.2) is 0 Å². The second-order valence-corrected chi connectivity index (χ2v) is 11.3. The van der Waals surface area contributed by atoms with Crippen LogP contribution >= 0.6 is 11.3 Å². The van der Waals surface area contributed by atoms with Crippen molar-refractivity contribution < 1.29 is 14.3 Å². The van der Waals surface area contributed by atoms with Gasteiger partial charge < -0.3 is 14.5 Å². The van der Waals surface area contributed by atoms with Gasteiger partial charge in [-0.1, -0.05) is 49.4 Å². The molecule has 0 saturated heterocycles. The Bertz CT molecular complexity index is 1180. The standard InChI is InChI=1S/C30H36N2O3S/c1-6-24(21-10-8-7-9-11-21)29(34)32(30(2,3)4)20-27(33)31-18-16-26-25(17-19-36-26)28(31)22-12-14-23(35-5)15-13-22/h7-15,17,19,24,28H,6,16,18,20H2,1-5H3. The molecule has 1 aliphatic heterocycles. The Morgan fingerprint density at radius 3 is 2.39 bits per heavy atom. The van der Waals surface area contributed by atoms with Gasteiger partial charge in [-0.3, -0.25) is 9.59 Å². The monoisotopic (exact) mass is 504 g/mol. The molecule has 0 radical (unpaired) electrons. The van der Waals surface area contributed by atoms with E-state index in [0.29, 0.717) is 13.0 Å². The molecule has 36 heavy (non-hydrogen) atoms. The van der Waals surface area contributed by atoms with Crippen LogP contribution in [-0.2, 0) is 16.0 Å². The number of hydrogen-bond donors (Lipinski definition) is 0. The molecule has 1 aliphatic rings. The molecule has 0 spiro atoms. The van der Waals surface area contributed by atoms with E-state index in [4.69, 9.17) is 4.74 Å². The minimum absolute atomic E-state index is 0.00113. The summed E-state index contributed by atoms with van der Waals surface area (Å²) in [6, 6.07) is 19.8. The van der Waals surface area contributed by atoms with Gasteiger partial charge in [0.25, 0.3) is 0 Å². The van der Waals surface area contributed by atoms with Crippen molar-refractivity contribution in [2.45, 2.75) is 58.0 Å². The van der Waals surface area contributed by atoms with E-state index >= 15 is 0 Å². The lowest BCUT2D eigenvalue weighted by Gasteiger charge is -2.41. The van der Waals surface area contributed by atoms with Gasteiger partial charge in [0, 0.05) is 17.0 Å².